The fourth-order valence-electron chi connectivity index (χ4n) is 2.63. The average Bonchev–Trinajstić information content (AvgIpc) is 3.21. The predicted octanol–water partition coefficient (Wildman–Crippen LogP) is 4.72. The van der Waals surface area contributed by atoms with Crippen LogP contribution in [0.2, 0.25) is 0 Å². The number of furan rings is 1. The Balaban J connectivity index is 1.62. The number of hydrogen-bond acceptors (Lipinski definition) is 4. The van der Waals surface area contributed by atoms with Crippen LogP contribution in [-0.2, 0) is 0 Å². The Morgan fingerprint density at radius 1 is 1.17 bits per heavy atom. The second-order valence-corrected chi connectivity index (χ2v) is 6.42. The Bertz CT molecular complexity index is 1080. The third-order valence-electron chi connectivity index (χ3n) is 3.90. The van der Waals surface area contributed by atoms with Crippen molar-refractivity contribution in [2.75, 3.05) is 0 Å². The second kappa shape index (κ2) is 5.94. The first-order valence-electron chi connectivity index (χ1n) is 7.51. The first-order chi connectivity index (χ1) is 11.7. The number of carbonyl (C=O) groups excluding carboxylic acids is 1. The van der Waals surface area contributed by atoms with Gasteiger partial charge in [-0.25, -0.2) is 5.43 Å². The van der Waals surface area contributed by atoms with Crippen molar-refractivity contribution in [1.29, 1.82) is 0 Å². The van der Waals surface area contributed by atoms with E-state index in [2.05, 4.69) is 10.5 Å². The van der Waals surface area contributed by atoms with Crippen LogP contribution in [-0.4, -0.2) is 12.1 Å². The van der Waals surface area contributed by atoms with Gasteiger partial charge in [-0.2, -0.15) is 5.10 Å². The van der Waals surface area contributed by atoms with Crippen LogP contribution in [0.15, 0.2) is 63.4 Å². The highest BCUT2D eigenvalue weighted by Gasteiger charge is 2.13. The van der Waals surface area contributed by atoms with Gasteiger partial charge < -0.3 is 4.42 Å². The van der Waals surface area contributed by atoms with Crippen LogP contribution < -0.4 is 5.43 Å². The molecule has 4 aromatic rings. The molecular weight excluding hydrogens is 320 g/mol. The number of benzene rings is 2. The lowest BCUT2D eigenvalue weighted by atomic mass is 10.1. The molecule has 0 aliphatic rings. The monoisotopic (exact) mass is 334 g/mol. The number of amides is 1. The van der Waals surface area contributed by atoms with Gasteiger partial charge in [0, 0.05) is 10.3 Å². The van der Waals surface area contributed by atoms with Crippen LogP contribution in [0.3, 0.4) is 0 Å². The van der Waals surface area contributed by atoms with Crippen LogP contribution in [0.5, 0.6) is 0 Å². The van der Waals surface area contributed by atoms with Crippen molar-refractivity contribution in [2.24, 2.45) is 5.10 Å². The van der Waals surface area contributed by atoms with E-state index in [9.17, 15) is 4.79 Å². The van der Waals surface area contributed by atoms with Crippen LogP contribution in [0.4, 0.5) is 0 Å². The lowest BCUT2D eigenvalue weighted by Crippen LogP contribution is -2.16. The SMILES string of the molecule is Cc1ccsc1/C=N/NC(=O)c1cc2c(ccc3ccccc32)o1. The summed E-state index contributed by atoms with van der Waals surface area (Å²) in [4.78, 5) is 13.3. The average molecular weight is 334 g/mol. The van der Waals surface area contributed by atoms with E-state index in [0.29, 0.717) is 5.58 Å². The molecule has 0 saturated carbocycles. The molecule has 0 bridgehead atoms. The maximum absolute atomic E-state index is 12.2. The third-order valence-corrected chi connectivity index (χ3v) is 4.85. The Morgan fingerprint density at radius 2 is 2.04 bits per heavy atom. The molecule has 0 radical (unpaired) electrons. The number of hydrazone groups is 1. The van der Waals surface area contributed by atoms with Crippen molar-refractivity contribution in [1.82, 2.24) is 5.43 Å². The number of hydrogen-bond donors (Lipinski definition) is 1. The summed E-state index contributed by atoms with van der Waals surface area (Å²) in [6.45, 7) is 2.00. The quantitative estimate of drug-likeness (QED) is 0.435. The van der Waals surface area contributed by atoms with Gasteiger partial charge in [0.2, 0.25) is 0 Å². The highest BCUT2D eigenvalue weighted by Crippen LogP contribution is 2.28. The maximum atomic E-state index is 12.2. The largest absolute Gasteiger partial charge is 0.451 e. The van der Waals surface area contributed by atoms with Crippen LogP contribution in [0, 0.1) is 6.92 Å². The van der Waals surface area contributed by atoms with Crippen molar-refractivity contribution < 1.29 is 9.21 Å². The van der Waals surface area contributed by atoms with Gasteiger partial charge in [-0.15, -0.1) is 11.3 Å². The van der Waals surface area contributed by atoms with E-state index in [0.717, 1.165) is 26.6 Å². The second-order valence-electron chi connectivity index (χ2n) is 5.48. The number of nitrogens with one attached hydrogen (secondary N) is 1. The molecule has 0 saturated heterocycles. The summed E-state index contributed by atoms with van der Waals surface area (Å²) in [7, 11) is 0. The molecule has 2 aromatic heterocycles. The third kappa shape index (κ3) is 2.59. The minimum absolute atomic E-state index is 0.251. The van der Waals surface area contributed by atoms with Gasteiger partial charge >= 0.3 is 5.91 Å². The van der Waals surface area contributed by atoms with Gasteiger partial charge in [-0.3, -0.25) is 4.79 Å². The van der Waals surface area contributed by atoms with Crippen LogP contribution >= 0.6 is 11.3 Å². The lowest BCUT2D eigenvalue weighted by Gasteiger charge is -1.96. The van der Waals surface area contributed by atoms with Gasteiger partial charge in [0.1, 0.15) is 5.58 Å². The Morgan fingerprint density at radius 3 is 2.88 bits per heavy atom. The smallest absolute Gasteiger partial charge is 0.307 e. The van der Waals surface area contributed by atoms with E-state index in [-0.39, 0.29) is 11.7 Å². The topological polar surface area (TPSA) is 54.6 Å². The number of carbonyl (C=O) groups is 1. The molecule has 4 nitrogen and oxygen atoms in total. The van der Waals surface area contributed by atoms with Crippen LogP contribution in [0.25, 0.3) is 21.7 Å². The van der Waals surface area contributed by atoms with E-state index in [1.54, 1.807) is 23.6 Å². The van der Waals surface area contributed by atoms with Gasteiger partial charge in [-0.05, 0) is 46.8 Å². The molecular formula is C19H14N2O2S. The first-order valence-corrected chi connectivity index (χ1v) is 8.39. The molecule has 0 aliphatic heterocycles. The zero-order valence-corrected chi connectivity index (χ0v) is 13.8. The summed E-state index contributed by atoms with van der Waals surface area (Å²) in [5, 5.41) is 9.11. The molecule has 5 heteroatoms. The summed E-state index contributed by atoms with van der Waals surface area (Å²) in [6.07, 6.45) is 1.65. The fourth-order valence-corrected chi connectivity index (χ4v) is 3.41. The zero-order valence-electron chi connectivity index (χ0n) is 12.9. The molecule has 2 aromatic carbocycles. The van der Waals surface area contributed by atoms with E-state index >= 15 is 0 Å². The molecule has 0 aliphatic carbocycles. The van der Waals surface area contributed by atoms with Crippen LogP contribution in [0.1, 0.15) is 21.0 Å². The predicted molar refractivity (Wildman–Crippen MR) is 97.8 cm³/mol. The van der Waals surface area contributed by atoms with Gasteiger partial charge in [0.15, 0.2) is 5.76 Å². The normalized spacial score (nSPS) is 11.5. The van der Waals surface area contributed by atoms with E-state index in [1.807, 2.05) is 54.8 Å². The van der Waals surface area contributed by atoms with E-state index in [4.69, 9.17) is 4.42 Å². The molecule has 1 amide bonds. The van der Waals surface area contributed by atoms with Crippen molar-refractivity contribution >= 4 is 45.2 Å². The number of thiophene rings is 1. The molecule has 1 N–H and O–H groups in total. The molecule has 24 heavy (non-hydrogen) atoms. The summed E-state index contributed by atoms with van der Waals surface area (Å²) >= 11 is 1.58. The molecule has 0 spiro atoms. The minimum Gasteiger partial charge on any atom is -0.451 e. The molecule has 0 unspecified atom stereocenters. The Kier molecular flexibility index (Phi) is 3.63. The fraction of sp³-hybridized carbons (Fsp3) is 0.0526. The minimum atomic E-state index is -0.360. The summed E-state index contributed by atoms with van der Waals surface area (Å²) in [5.74, 6) is -0.109. The molecule has 2 heterocycles. The first kappa shape index (κ1) is 14.7. The van der Waals surface area contributed by atoms with Crippen molar-refractivity contribution in [3.8, 4) is 0 Å². The van der Waals surface area contributed by atoms with Gasteiger partial charge in [0.25, 0.3) is 0 Å². The lowest BCUT2D eigenvalue weighted by molar-refractivity contribution is 0.0929. The summed E-state index contributed by atoms with van der Waals surface area (Å²) < 4.78 is 5.67. The summed E-state index contributed by atoms with van der Waals surface area (Å²) in [6, 6.07) is 15.7. The van der Waals surface area contributed by atoms with Gasteiger partial charge in [-0.1, -0.05) is 30.3 Å². The van der Waals surface area contributed by atoms with Crippen molar-refractivity contribution in [3.05, 3.63) is 70.1 Å². The zero-order chi connectivity index (χ0) is 16.5. The summed E-state index contributed by atoms with van der Waals surface area (Å²) in [5.41, 5.74) is 4.34. The number of nitrogens with zero attached hydrogens (tertiary/aromatic N) is 1. The number of rotatable bonds is 3. The highest BCUT2D eigenvalue weighted by molar-refractivity contribution is 7.11. The van der Waals surface area contributed by atoms with E-state index in [1.165, 1.54) is 0 Å². The Labute approximate surface area is 142 Å². The molecule has 0 fully saturated rings. The van der Waals surface area contributed by atoms with E-state index < -0.39 is 0 Å². The highest BCUT2D eigenvalue weighted by atomic mass is 32.1. The van der Waals surface area contributed by atoms with Crippen molar-refractivity contribution in [2.45, 2.75) is 6.92 Å². The Hall–Kier alpha value is -2.92. The maximum Gasteiger partial charge on any atom is 0.307 e. The molecule has 4 rings (SSSR count). The molecule has 118 valence electrons. The van der Waals surface area contributed by atoms with Crippen molar-refractivity contribution in [3.63, 3.8) is 0 Å². The number of fused-ring (bicyclic) bond motifs is 3. The number of aryl methyl sites for hydroxylation is 1. The standard InChI is InChI=1S/C19H14N2O2S/c1-12-8-9-24-18(12)11-20-21-19(22)17-10-15-14-5-3-2-4-13(14)6-7-16(15)23-17/h2-11H,1H3,(H,21,22)/b20-11+. The van der Waals surface area contributed by atoms with Gasteiger partial charge in [0.05, 0.1) is 6.21 Å². The molecule has 0 atom stereocenters.